The SMILES string of the molecule is COc1ccc([C@H]2[C@@H](O)[C@H](O)[C@H](c3ccc(OC)cc3)N2c2ccccc2)cc1. The van der Waals surface area contributed by atoms with Crippen LogP contribution < -0.4 is 14.4 Å². The molecule has 0 spiro atoms. The van der Waals surface area contributed by atoms with Crippen LogP contribution >= 0.6 is 0 Å². The van der Waals surface area contributed by atoms with E-state index < -0.39 is 24.3 Å². The minimum Gasteiger partial charge on any atom is -0.497 e. The molecule has 1 aliphatic heterocycles. The van der Waals surface area contributed by atoms with Crippen molar-refractivity contribution in [3.05, 3.63) is 90.0 Å². The molecule has 0 aromatic heterocycles. The monoisotopic (exact) mass is 391 g/mol. The molecule has 1 heterocycles. The highest BCUT2D eigenvalue weighted by atomic mass is 16.5. The highest BCUT2D eigenvalue weighted by molar-refractivity contribution is 5.55. The molecule has 4 atom stereocenters. The van der Waals surface area contributed by atoms with Gasteiger partial charge in [0.15, 0.2) is 0 Å². The van der Waals surface area contributed by atoms with Gasteiger partial charge in [-0.05, 0) is 47.5 Å². The van der Waals surface area contributed by atoms with Gasteiger partial charge in [-0.3, -0.25) is 0 Å². The number of hydrogen-bond donors (Lipinski definition) is 2. The van der Waals surface area contributed by atoms with E-state index >= 15 is 0 Å². The van der Waals surface area contributed by atoms with Crippen molar-refractivity contribution < 1.29 is 19.7 Å². The fourth-order valence-corrected chi connectivity index (χ4v) is 4.11. The Kier molecular flexibility index (Phi) is 5.43. The first-order valence-electron chi connectivity index (χ1n) is 9.61. The van der Waals surface area contributed by atoms with E-state index in [1.54, 1.807) is 14.2 Å². The Bertz CT molecular complexity index is 868. The molecule has 5 nitrogen and oxygen atoms in total. The number of anilines is 1. The summed E-state index contributed by atoms with van der Waals surface area (Å²) in [5, 5.41) is 22.1. The van der Waals surface area contributed by atoms with E-state index in [-0.39, 0.29) is 0 Å². The van der Waals surface area contributed by atoms with Crippen LogP contribution in [0.4, 0.5) is 5.69 Å². The third-order valence-corrected chi connectivity index (χ3v) is 5.57. The van der Waals surface area contributed by atoms with Crippen LogP contribution in [0.15, 0.2) is 78.9 Å². The first-order chi connectivity index (χ1) is 14.1. The molecule has 1 fully saturated rings. The van der Waals surface area contributed by atoms with Crippen molar-refractivity contribution in [2.75, 3.05) is 19.1 Å². The van der Waals surface area contributed by atoms with Crippen LogP contribution in [0.2, 0.25) is 0 Å². The lowest BCUT2D eigenvalue weighted by Crippen LogP contribution is -2.29. The summed E-state index contributed by atoms with van der Waals surface area (Å²) in [5.41, 5.74) is 2.76. The average Bonchev–Trinajstić information content (AvgIpc) is 3.05. The Labute approximate surface area is 170 Å². The molecule has 29 heavy (non-hydrogen) atoms. The molecule has 4 rings (SSSR count). The van der Waals surface area contributed by atoms with Crippen LogP contribution in [0, 0.1) is 0 Å². The lowest BCUT2D eigenvalue weighted by molar-refractivity contribution is 0.0276. The van der Waals surface area contributed by atoms with E-state index in [0.717, 1.165) is 28.3 Å². The number of aliphatic hydroxyl groups excluding tert-OH is 2. The third kappa shape index (κ3) is 3.55. The lowest BCUT2D eigenvalue weighted by atomic mass is 9.98. The van der Waals surface area contributed by atoms with Crippen LogP contribution in [-0.2, 0) is 0 Å². The van der Waals surface area contributed by atoms with Gasteiger partial charge in [0.2, 0.25) is 0 Å². The van der Waals surface area contributed by atoms with E-state index in [9.17, 15) is 10.2 Å². The van der Waals surface area contributed by atoms with E-state index in [4.69, 9.17) is 9.47 Å². The quantitative estimate of drug-likeness (QED) is 0.694. The minimum atomic E-state index is -0.948. The van der Waals surface area contributed by atoms with Crippen molar-refractivity contribution in [3.8, 4) is 11.5 Å². The molecule has 0 bridgehead atoms. The summed E-state index contributed by atoms with van der Waals surface area (Å²) < 4.78 is 10.5. The molecule has 0 radical (unpaired) electrons. The van der Waals surface area contributed by atoms with Gasteiger partial charge in [-0.1, -0.05) is 42.5 Å². The second kappa shape index (κ2) is 8.15. The number of ether oxygens (including phenoxy) is 2. The van der Waals surface area contributed by atoms with E-state index in [0.29, 0.717) is 0 Å². The summed E-state index contributed by atoms with van der Waals surface area (Å²) in [4.78, 5) is 2.10. The Balaban J connectivity index is 1.81. The smallest absolute Gasteiger partial charge is 0.118 e. The van der Waals surface area contributed by atoms with Crippen molar-refractivity contribution in [3.63, 3.8) is 0 Å². The highest BCUT2D eigenvalue weighted by Gasteiger charge is 2.48. The standard InChI is InChI=1S/C24H25NO4/c1-28-19-12-8-16(9-13-19)21-23(26)24(27)22(17-10-14-20(29-2)15-11-17)25(21)18-6-4-3-5-7-18/h3-15,21-24,26-27H,1-2H3/t21-,22-,23+,24+/m0/s1. The van der Waals surface area contributed by atoms with E-state index in [1.807, 2.05) is 78.9 Å². The van der Waals surface area contributed by atoms with Crippen LogP contribution in [0.1, 0.15) is 23.2 Å². The molecule has 0 amide bonds. The van der Waals surface area contributed by atoms with Crippen LogP contribution in [-0.4, -0.2) is 36.6 Å². The molecular weight excluding hydrogens is 366 g/mol. The second-order valence-electron chi connectivity index (χ2n) is 7.16. The maximum Gasteiger partial charge on any atom is 0.118 e. The normalized spacial score (nSPS) is 23.8. The topological polar surface area (TPSA) is 62.2 Å². The van der Waals surface area contributed by atoms with Gasteiger partial charge in [0, 0.05) is 5.69 Å². The van der Waals surface area contributed by atoms with E-state index in [1.165, 1.54) is 0 Å². The predicted molar refractivity (Wildman–Crippen MR) is 112 cm³/mol. The van der Waals surface area contributed by atoms with Gasteiger partial charge in [-0.25, -0.2) is 0 Å². The number of aliphatic hydroxyl groups is 2. The fourth-order valence-electron chi connectivity index (χ4n) is 4.11. The van der Waals surface area contributed by atoms with E-state index in [2.05, 4.69) is 4.90 Å². The zero-order valence-electron chi connectivity index (χ0n) is 16.5. The van der Waals surface area contributed by atoms with Gasteiger partial charge in [-0.15, -0.1) is 0 Å². The van der Waals surface area contributed by atoms with Crippen molar-refractivity contribution in [1.29, 1.82) is 0 Å². The number of nitrogens with zero attached hydrogens (tertiary/aromatic N) is 1. The summed E-state index contributed by atoms with van der Waals surface area (Å²) in [7, 11) is 3.25. The Morgan fingerprint density at radius 2 is 1.03 bits per heavy atom. The van der Waals surface area contributed by atoms with Crippen molar-refractivity contribution in [2.45, 2.75) is 24.3 Å². The van der Waals surface area contributed by atoms with Gasteiger partial charge >= 0.3 is 0 Å². The maximum atomic E-state index is 11.1. The van der Waals surface area contributed by atoms with Crippen LogP contribution in [0.3, 0.4) is 0 Å². The molecule has 0 unspecified atom stereocenters. The van der Waals surface area contributed by atoms with Crippen molar-refractivity contribution >= 4 is 5.69 Å². The number of para-hydroxylation sites is 1. The molecule has 150 valence electrons. The van der Waals surface area contributed by atoms with Gasteiger partial charge in [0.1, 0.15) is 23.7 Å². The predicted octanol–water partition coefficient (Wildman–Crippen LogP) is 3.73. The summed E-state index contributed by atoms with van der Waals surface area (Å²) in [5.74, 6) is 1.50. The highest BCUT2D eigenvalue weighted by Crippen LogP contribution is 2.47. The molecule has 5 heteroatoms. The summed E-state index contributed by atoms with van der Waals surface area (Å²) in [6.45, 7) is 0. The van der Waals surface area contributed by atoms with Gasteiger partial charge < -0.3 is 24.6 Å². The summed E-state index contributed by atoms with van der Waals surface area (Å²) in [6.07, 6.45) is -1.90. The maximum absolute atomic E-state index is 11.1. The third-order valence-electron chi connectivity index (χ3n) is 5.57. The molecule has 3 aromatic rings. The molecule has 0 saturated carbocycles. The van der Waals surface area contributed by atoms with Crippen LogP contribution in [0.25, 0.3) is 0 Å². The first-order valence-corrected chi connectivity index (χ1v) is 9.61. The average molecular weight is 391 g/mol. The number of hydrogen-bond acceptors (Lipinski definition) is 5. The van der Waals surface area contributed by atoms with Gasteiger partial charge in [0.05, 0.1) is 26.3 Å². The Morgan fingerprint density at radius 1 is 0.621 bits per heavy atom. The molecular formula is C24H25NO4. The zero-order valence-corrected chi connectivity index (χ0v) is 16.5. The summed E-state index contributed by atoms with van der Waals surface area (Å²) in [6, 6.07) is 24.3. The number of methoxy groups -OCH3 is 2. The largest absolute Gasteiger partial charge is 0.497 e. The summed E-state index contributed by atoms with van der Waals surface area (Å²) >= 11 is 0. The first kappa shape index (κ1) is 19.3. The molecule has 0 aliphatic carbocycles. The molecule has 2 N–H and O–H groups in total. The number of benzene rings is 3. The van der Waals surface area contributed by atoms with Crippen molar-refractivity contribution in [2.24, 2.45) is 0 Å². The molecule has 1 saturated heterocycles. The van der Waals surface area contributed by atoms with Crippen molar-refractivity contribution in [1.82, 2.24) is 0 Å². The Morgan fingerprint density at radius 3 is 1.41 bits per heavy atom. The Hall–Kier alpha value is -3.02. The second-order valence-corrected chi connectivity index (χ2v) is 7.16. The minimum absolute atomic E-state index is 0.398. The number of rotatable bonds is 5. The van der Waals surface area contributed by atoms with Gasteiger partial charge in [-0.2, -0.15) is 0 Å². The lowest BCUT2D eigenvalue weighted by Gasteiger charge is -2.33. The zero-order chi connectivity index (χ0) is 20.4. The van der Waals surface area contributed by atoms with Gasteiger partial charge in [0.25, 0.3) is 0 Å². The fraction of sp³-hybridized carbons (Fsp3) is 0.250. The van der Waals surface area contributed by atoms with Crippen LogP contribution in [0.5, 0.6) is 11.5 Å². The molecule has 1 aliphatic rings. The molecule has 3 aromatic carbocycles.